The number of rotatable bonds is 5. The van der Waals surface area contributed by atoms with Crippen LogP contribution in [-0.2, 0) is 11.3 Å². The third-order valence-corrected chi connectivity index (χ3v) is 4.77. The second-order valence-corrected chi connectivity index (χ2v) is 7.44. The number of pyridine rings is 1. The van der Waals surface area contributed by atoms with Crippen LogP contribution < -0.4 is 14.8 Å². The molecule has 1 aliphatic heterocycles. The minimum absolute atomic E-state index is 0.119. The minimum atomic E-state index is -0.119. The molecule has 0 aliphatic carbocycles. The molecule has 0 atom stereocenters. The highest BCUT2D eigenvalue weighted by molar-refractivity contribution is 9.10. The molecule has 3 rings (SSSR count). The van der Waals surface area contributed by atoms with E-state index in [1.807, 2.05) is 30.1 Å². The fraction of sp³-hybridized carbons (Fsp3) is 0.294. The zero-order valence-corrected chi connectivity index (χ0v) is 16.8. The predicted molar refractivity (Wildman–Crippen MR) is 102 cm³/mol. The summed E-state index contributed by atoms with van der Waals surface area (Å²) in [5, 5.41) is 2.78. The molecule has 1 aromatic carbocycles. The largest absolute Gasteiger partial charge is 0.486 e. The first-order chi connectivity index (χ1) is 12.0. The van der Waals surface area contributed by atoms with Crippen LogP contribution in [0.2, 0.25) is 0 Å². The molecule has 8 heteroatoms. The molecule has 0 radical (unpaired) electrons. The molecule has 0 spiro atoms. The first-order valence-electron chi connectivity index (χ1n) is 7.69. The van der Waals surface area contributed by atoms with Crippen molar-refractivity contribution in [3.63, 3.8) is 0 Å². The minimum Gasteiger partial charge on any atom is -0.486 e. The summed E-state index contributed by atoms with van der Waals surface area (Å²) in [5.74, 6) is 1.89. The maximum atomic E-state index is 12.2. The van der Waals surface area contributed by atoms with Gasteiger partial charge >= 0.3 is 0 Å². The van der Waals surface area contributed by atoms with Gasteiger partial charge in [-0.2, -0.15) is 0 Å². The summed E-state index contributed by atoms with van der Waals surface area (Å²) in [6, 6.07) is 7.44. The van der Waals surface area contributed by atoms with Crippen LogP contribution >= 0.6 is 31.9 Å². The Balaban J connectivity index is 1.59. The van der Waals surface area contributed by atoms with Gasteiger partial charge in [0.1, 0.15) is 19.0 Å². The molecule has 132 valence electrons. The lowest BCUT2D eigenvalue weighted by molar-refractivity contribution is -0.117. The molecule has 1 N–H and O–H groups in total. The van der Waals surface area contributed by atoms with Crippen LogP contribution in [0.3, 0.4) is 0 Å². The average molecular weight is 471 g/mol. The van der Waals surface area contributed by atoms with Gasteiger partial charge in [-0.25, -0.2) is 4.98 Å². The van der Waals surface area contributed by atoms with Crippen LogP contribution in [0.25, 0.3) is 0 Å². The average Bonchev–Trinajstić information content (AvgIpc) is 2.57. The van der Waals surface area contributed by atoms with Gasteiger partial charge < -0.3 is 14.8 Å². The fourth-order valence-corrected chi connectivity index (χ4v) is 3.13. The number of aromatic nitrogens is 1. The highest BCUT2D eigenvalue weighted by atomic mass is 79.9. The van der Waals surface area contributed by atoms with Crippen molar-refractivity contribution in [2.24, 2.45) is 0 Å². The molecule has 0 unspecified atom stereocenters. The van der Waals surface area contributed by atoms with E-state index in [2.05, 4.69) is 42.2 Å². The van der Waals surface area contributed by atoms with Crippen molar-refractivity contribution in [2.75, 3.05) is 32.1 Å². The number of ether oxygens (including phenoxy) is 2. The van der Waals surface area contributed by atoms with E-state index in [1.165, 1.54) is 0 Å². The smallest absolute Gasteiger partial charge is 0.239 e. The second kappa shape index (κ2) is 8.16. The Morgan fingerprint density at radius 3 is 2.64 bits per heavy atom. The Bertz CT molecular complexity index is 768. The van der Waals surface area contributed by atoms with Crippen LogP contribution in [0.1, 0.15) is 5.56 Å². The maximum Gasteiger partial charge on any atom is 0.239 e. The second-order valence-electron chi connectivity index (χ2n) is 5.67. The summed E-state index contributed by atoms with van der Waals surface area (Å²) in [5.41, 5.74) is 1.03. The number of nitrogens with zero attached hydrogens (tertiary/aromatic N) is 2. The van der Waals surface area contributed by atoms with Crippen molar-refractivity contribution in [1.29, 1.82) is 0 Å². The van der Waals surface area contributed by atoms with Gasteiger partial charge in [-0.3, -0.25) is 9.69 Å². The number of carbonyl (C=O) groups excluding carboxylic acids is 1. The zero-order chi connectivity index (χ0) is 17.8. The van der Waals surface area contributed by atoms with Gasteiger partial charge in [0.2, 0.25) is 5.91 Å². The zero-order valence-electron chi connectivity index (χ0n) is 13.6. The molecule has 25 heavy (non-hydrogen) atoms. The van der Waals surface area contributed by atoms with E-state index >= 15 is 0 Å². The molecule has 1 amide bonds. The standard InChI is InChI=1S/C17H17Br2N3O3/c1-22(10-17(23)21-16-3-2-12(18)8-20-16)9-11-6-14-15(7-13(11)19)25-5-4-24-14/h2-3,6-8H,4-5,9-10H2,1H3,(H,20,21,23). The van der Waals surface area contributed by atoms with Crippen molar-refractivity contribution in [3.8, 4) is 11.5 Å². The van der Waals surface area contributed by atoms with Gasteiger partial charge in [0.05, 0.1) is 6.54 Å². The summed E-state index contributed by atoms with van der Waals surface area (Å²) >= 11 is 6.87. The van der Waals surface area contributed by atoms with Gasteiger partial charge in [-0.1, -0.05) is 15.9 Å². The first-order valence-corrected chi connectivity index (χ1v) is 9.28. The molecule has 2 heterocycles. The summed E-state index contributed by atoms with van der Waals surface area (Å²) in [6.07, 6.45) is 1.64. The van der Waals surface area contributed by atoms with E-state index in [0.717, 1.165) is 26.0 Å². The number of amides is 1. The van der Waals surface area contributed by atoms with Crippen molar-refractivity contribution < 1.29 is 14.3 Å². The third kappa shape index (κ3) is 4.93. The number of benzene rings is 1. The molecular weight excluding hydrogens is 454 g/mol. The van der Waals surface area contributed by atoms with Crippen molar-refractivity contribution in [2.45, 2.75) is 6.54 Å². The van der Waals surface area contributed by atoms with Crippen molar-refractivity contribution in [1.82, 2.24) is 9.88 Å². The van der Waals surface area contributed by atoms with Crippen molar-refractivity contribution >= 4 is 43.6 Å². The highest BCUT2D eigenvalue weighted by Crippen LogP contribution is 2.35. The monoisotopic (exact) mass is 469 g/mol. The Morgan fingerprint density at radius 2 is 1.96 bits per heavy atom. The topological polar surface area (TPSA) is 63.7 Å². The van der Waals surface area contributed by atoms with Crippen LogP contribution in [0.5, 0.6) is 11.5 Å². The van der Waals surface area contributed by atoms with Crippen LogP contribution in [-0.4, -0.2) is 42.6 Å². The van der Waals surface area contributed by atoms with Crippen molar-refractivity contribution in [3.05, 3.63) is 45.0 Å². The van der Waals surface area contributed by atoms with Gasteiger partial charge in [0.15, 0.2) is 11.5 Å². The summed E-state index contributed by atoms with van der Waals surface area (Å²) in [6.45, 7) is 1.95. The number of carbonyl (C=O) groups is 1. The molecule has 6 nitrogen and oxygen atoms in total. The SMILES string of the molecule is CN(CC(=O)Nc1ccc(Br)cn1)Cc1cc2c(cc1Br)OCCO2. The van der Waals surface area contributed by atoms with Gasteiger partial charge in [0, 0.05) is 21.7 Å². The Hall–Kier alpha value is -1.64. The Morgan fingerprint density at radius 1 is 1.24 bits per heavy atom. The lowest BCUT2D eigenvalue weighted by Gasteiger charge is -2.22. The molecule has 0 saturated carbocycles. The Kier molecular flexibility index (Phi) is 5.93. The molecule has 2 aromatic rings. The normalized spacial score (nSPS) is 13.0. The van der Waals surface area contributed by atoms with Gasteiger partial charge in [0.25, 0.3) is 0 Å². The number of anilines is 1. The molecular formula is C17H17Br2N3O3. The van der Waals surface area contributed by atoms with E-state index in [4.69, 9.17) is 9.47 Å². The van der Waals surface area contributed by atoms with Crippen LogP contribution in [0, 0.1) is 0 Å². The van der Waals surface area contributed by atoms with E-state index in [1.54, 1.807) is 12.3 Å². The van der Waals surface area contributed by atoms with Gasteiger partial charge in [-0.05, 0) is 52.8 Å². The van der Waals surface area contributed by atoms with Crippen LogP contribution in [0.4, 0.5) is 5.82 Å². The molecule has 0 bridgehead atoms. The molecule has 0 saturated heterocycles. The summed E-state index contributed by atoms with van der Waals surface area (Å²) < 4.78 is 13.0. The third-order valence-electron chi connectivity index (χ3n) is 3.56. The number of hydrogen-bond donors (Lipinski definition) is 1. The number of hydrogen-bond acceptors (Lipinski definition) is 5. The fourth-order valence-electron chi connectivity index (χ4n) is 2.45. The van der Waals surface area contributed by atoms with Crippen LogP contribution in [0.15, 0.2) is 39.4 Å². The maximum absolute atomic E-state index is 12.2. The quantitative estimate of drug-likeness (QED) is 0.725. The molecule has 0 fully saturated rings. The van der Waals surface area contributed by atoms with E-state index in [9.17, 15) is 4.79 Å². The van der Waals surface area contributed by atoms with E-state index in [-0.39, 0.29) is 12.5 Å². The highest BCUT2D eigenvalue weighted by Gasteiger charge is 2.16. The predicted octanol–water partition coefficient (Wildman–Crippen LogP) is 3.45. The molecule has 1 aromatic heterocycles. The lowest BCUT2D eigenvalue weighted by Crippen LogP contribution is -2.30. The van der Waals surface area contributed by atoms with E-state index < -0.39 is 0 Å². The number of nitrogens with one attached hydrogen (secondary N) is 1. The van der Waals surface area contributed by atoms with E-state index in [0.29, 0.717) is 25.6 Å². The molecule has 1 aliphatic rings. The first kappa shape index (κ1) is 18.2. The number of halogens is 2. The lowest BCUT2D eigenvalue weighted by atomic mass is 10.2. The summed E-state index contributed by atoms with van der Waals surface area (Å²) in [4.78, 5) is 18.2. The Labute approximate surface area is 162 Å². The number of likely N-dealkylation sites (N-methyl/N-ethyl adjacent to an activating group) is 1. The summed E-state index contributed by atoms with van der Waals surface area (Å²) in [7, 11) is 1.89. The number of fused-ring (bicyclic) bond motifs is 1. The van der Waals surface area contributed by atoms with Gasteiger partial charge in [-0.15, -0.1) is 0 Å².